The Kier molecular flexibility index (Phi) is 6.29. The van der Waals surface area contributed by atoms with Crippen molar-refractivity contribution in [2.75, 3.05) is 7.11 Å². The lowest BCUT2D eigenvalue weighted by Crippen LogP contribution is -2.30. The number of nitrogens with zero attached hydrogens (tertiary/aromatic N) is 1. The van der Waals surface area contributed by atoms with E-state index in [1.165, 1.54) is 19.4 Å². The van der Waals surface area contributed by atoms with E-state index in [0.29, 0.717) is 17.0 Å². The van der Waals surface area contributed by atoms with Crippen LogP contribution in [0.4, 0.5) is 4.39 Å². The fourth-order valence-corrected chi connectivity index (χ4v) is 1.80. The van der Waals surface area contributed by atoms with Crippen LogP contribution in [0.1, 0.15) is 17.7 Å². The van der Waals surface area contributed by atoms with Crippen molar-refractivity contribution in [3.63, 3.8) is 0 Å². The molecule has 2 N–H and O–H groups in total. The monoisotopic (exact) mass is 328 g/mol. The molecule has 2 aromatic rings. The van der Waals surface area contributed by atoms with E-state index in [4.69, 9.17) is 10.5 Å². The Morgan fingerprint density at radius 3 is 2.79 bits per heavy atom. The zero-order chi connectivity index (χ0) is 17.4. The average Bonchev–Trinajstić information content (AvgIpc) is 2.61. The second-order valence-corrected chi connectivity index (χ2v) is 4.89. The van der Waals surface area contributed by atoms with Gasteiger partial charge in [0.25, 0.3) is 0 Å². The van der Waals surface area contributed by atoms with Crippen LogP contribution in [-0.2, 0) is 16.1 Å². The minimum absolute atomic E-state index is 0.118. The van der Waals surface area contributed by atoms with Gasteiger partial charge < -0.3 is 15.2 Å². The van der Waals surface area contributed by atoms with E-state index in [1.54, 1.807) is 30.3 Å². The van der Waals surface area contributed by atoms with E-state index >= 15 is 0 Å². The molecule has 0 spiro atoms. The number of rotatable bonds is 5. The summed E-state index contributed by atoms with van der Waals surface area (Å²) in [6.45, 7) is 0.118. The maximum Gasteiger partial charge on any atom is 0.323 e. The van der Waals surface area contributed by atoms with E-state index in [-0.39, 0.29) is 18.8 Å². The van der Waals surface area contributed by atoms with Crippen LogP contribution >= 0.6 is 0 Å². The van der Waals surface area contributed by atoms with Gasteiger partial charge in [0.1, 0.15) is 29.9 Å². The molecule has 0 aliphatic rings. The normalized spacial score (nSPS) is 11.1. The standard InChI is InChI=1S/C18H17FN2O3/c1-23-18(22)17(20)8-4-6-14-9-10-15(11-21-14)24-12-13-5-2-3-7-16(13)19/h2-3,5,7,9-11,17H,8,12,20H2,1H3/t17-/m0/s1. The topological polar surface area (TPSA) is 74.4 Å². The molecule has 1 aromatic carbocycles. The third-order valence-corrected chi connectivity index (χ3v) is 3.13. The number of esters is 1. The molecule has 0 aliphatic heterocycles. The van der Waals surface area contributed by atoms with Crippen LogP contribution in [0, 0.1) is 17.7 Å². The lowest BCUT2D eigenvalue weighted by atomic mass is 10.2. The summed E-state index contributed by atoms with van der Waals surface area (Å²) in [6.07, 6.45) is 1.69. The van der Waals surface area contributed by atoms with Gasteiger partial charge in [-0.3, -0.25) is 4.79 Å². The maximum absolute atomic E-state index is 13.5. The minimum atomic E-state index is -0.772. The fraction of sp³-hybridized carbons (Fsp3) is 0.222. The van der Waals surface area contributed by atoms with E-state index in [2.05, 4.69) is 21.6 Å². The van der Waals surface area contributed by atoms with Crippen LogP contribution in [0.15, 0.2) is 42.6 Å². The minimum Gasteiger partial charge on any atom is -0.487 e. The van der Waals surface area contributed by atoms with Crippen molar-refractivity contribution >= 4 is 5.97 Å². The smallest absolute Gasteiger partial charge is 0.323 e. The fourth-order valence-electron chi connectivity index (χ4n) is 1.80. The molecule has 5 nitrogen and oxygen atoms in total. The second-order valence-electron chi connectivity index (χ2n) is 4.89. The van der Waals surface area contributed by atoms with Gasteiger partial charge in [0, 0.05) is 12.0 Å². The molecule has 0 unspecified atom stereocenters. The summed E-state index contributed by atoms with van der Waals surface area (Å²) in [6, 6.07) is 9.01. The molecule has 0 saturated carbocycles. The summed E-state index contributed by atoms with van der Waals surface area (Å²) in [5.41, 5.74) is 6.56. The van der Waals surface area contributed by atoms with Crippen molar-refractivity contribution in [1.82, 2.24) is 4.98 Å². The quantitative estimate of drug-likeness (QED) is 0.671. The van der Waals surface area contributed by atoms with Gasteiger partial charge in [0.2, 0.25) is 0 Å². The van der Waals surface area contributed by atoms with Crippen molar-refractivity contribution < 1.29 is 18.7 Å². The maximum atomic E-state index is 13.5. The second kappa shape index (κ2) is 8.65. The lowest BCUT2D eigenvalue weighted by molar-refractivity contribution is -0.142. The number of halogens is 1. The Bertz CT molecular complexity index is 751. The molecule has 2 rings (SSSR count). The highest BCUT2D eigenvalue weighted by Gasteiger charge is 2.11. The summed E-state index contributed by atoms with van der Waals surface area (Å²) in [5, 5.41) is 0. The number of nitrogens with two attached hydrogens (primary N) is 1. The van der Waals surface area contributed by atoms with E-state index in [0.717, 1.165) is 0 Å². The molecule has 6 heteroatoms. The molecule has 0 amide bonds. The van der Waals surface area contributed by atoms with Crippen LogP contribution in [0.25, 0.3) is 0 Å². The highest BCUT2D eigenvalue weighted by Crippen LogP contribution is 2.13. The number of aromatic nitrogens is 1. The van der Waals surface area contributed by atoms with Gasteiger partial charge in [-0.2, -0.15) is 0 Å². The van der Waals surface area contributed by atoms with Crippen LogP contribution < -0.4 is 10.5 Å². The number of hydrogen-bond donors (Lipinski definition) is 1. The van der Waals surface area contributed by atoms with Gasteiger partial charge in [-0.05, 0) is 24.1 Å². The molecule has 124 valence electrons. The Balaban J connectivity index is 1.89. The molecule has 1 atom stereocenters. The summed E-state index contributed by atoms with van der Waals surface area (Å²) >= 11 is 0. The van der Waals surface area contributed by atoms with Crippen molar-refractivity contribution in [2.45, 2.75) is 19.1 Å². The average molecular weight is 328 g/mol. The molecular formula is C18H17FN2O3. The van der Waals surface area contributed by atoms with Crippen molar-refractivity contribution in [3.8, 4) is 17.6 Å². The van der Waals surface area contributed by atoms with Crippen molar-refractivity contribution in [1.29, 1.82) is 0 Å². The molecule has 0 fully saturated rings. The highest BCUT2D eigenvalue weighted by atomic mass is 19.1. The van der Waals surface area contributed by atoms with Gasteiger partial charge in [-0.1, -0.05) is 24.1 Å². The number of pyridine rings is 1. The SMILES string of the molecule is COC(=O)[C@@H](N)CC#Cc1ccc(OCc2ccccc2F)cn1. The molecular weight excluding hydrogens is 311 g/mol. The molecule has 24 heavy (non-hydrogen) atoms. The van der Waals surface area contributed by atoms with E-state index in [1.807, 2.05) is 0 Å². The first-order valence-corrected chi connectivity index (χ1v) is 7.24. The zero-order valence-electron chi connectivity index (χ0n) is 13.2. The van der Waals surface area contributed by atoms with Gasteiger partial charge in [-0.25, -0.2) is 9.37 Å². The van der Waals surface area contributed by atoms with Crippen LogP contribution in [-0.4, -0.2) is 24.1 Å². The predicted molar refractivity (Wildman–Crippen MR) is 86.5 cm³/mol. The van der Waals surface area contributed by atoms with E-state index < -0.39 is 12.0 Å². The van der Waals surface area contributed by atoms with Crippen LogP contribution in [0.2, 0.25) is 0 Å². The third-order valence-electron chi connectivity index (χ3n) is 3.13. The highest BCUT2D eigenvalue weighted by molar-refractivity contribution is 5.75. The van der Waals surface area contributed by atoms with Crippen LogP contribution in [0.3, 0.4) is 0 Å². The number of ether oxygens (including phenoxy) is 2. The Morgan fingerprint density at radius 2 is 2.12 bits per heavy atom. The third kappa shape index (κ3) is 5.07. The molecule has 1 aromatic heterocycles. The Morgan fingerprint density at radius 1 is 1.33 bits per heavy atom. The van der Waals surface area contributed by atoms with Crippen LogP contribution in [0.5, 0.6) is 5.75 Å². The number of carbonyl (C=O) groups excluding carboxylic acids is 1. The van der Waals surface area contributed by atoms with Gasteiger partial charge >= 0.3 is 5.97 Å². The first-order valence-electron chi connectivity index (χ1n) is 7.24. The van der Waals surface area contributed by atoms with Gasteiger partial charge in [0.05, 0.1) is 13.3 Å². The largest absolute Gasteiger partial charge is 0.487 e. The number of hydrogen-bond acceptors (Lipinski definition) is 5. The molecule has 0 aliphatic carbocycles. The lowest BCUT2D eigenvalue weighted by Gasteiger charge is -2.06. The van der Waals surface area contributed by atoms with Gasteiger partial charge in [0.15, 0.2) is 0 Å². The van der Waals surface area contributed by atoms with E-state index in [9.17, 15) is 9.18 Å². The van der Waals surface area contributed by atoms with Crippen molar-refractivity contribution in [2.24, 2.45) is 5.73 Å². The molecule has 0 saturated heterocycles. The predicted octanol–water partition coefficient (Wildman–Crippen LogP) is 2.04. The number of methoxy groups -OCH3 is 1. The Hall–Kier alpha value is -2.91. The molecule has 0 bridgehead atoms. The molecule has 0 radical (unpaired) electrons. The first kappa shape index (κ1) is 17.4. The zero-order valence-corrected chi connectivity index (χ0v) is 13.2. The summed E-state index contributed by atoms with van der Waals surface area (Å²) in [5.74, 6) is 5.27. The summed E-state index contributed by atoms with van der Waals surface area (Å²) in [4.78, 5) is 15.3. The summed E-state index contributed by atoms with van der Waals surface area (Å²) < 4.78 is 23.5. The first-order chi connectivity index (χ1) is 11.6. The summed E-state index contributed by atoms with van der Waals surface area (Å²) in [7, 11) is 1.28. The molecule has 1 heterocycles. The number of carbonyl (C=O) groups is 1. The van der Waals surface area contributed by atoms with Crippen molar-refractivity contribution in [3.05, 3.63) is 59.7 Å². The van der Waals surface area contributed by atoms with Gasteiger partial charge in [-0.15, -0.1) is 0 Å². The number of benzene rings is 1. The Labute approximate surface area is 139 Å².